The van der Waals surface area contributed by atoms with Crippen LogP contribution < -0.4 is 10.6 Å². The van der Waals surface area contributed by atoms with Crippen molar-refractivity contribution >= 4 is 29.5 Å². The van der Waals surface area contributed by atoms with Gasteiger partial charge < -0.3 is 35.5 Å². The minimum Gasteiger partial charge on any atom is -0.391 e. The molecule has 260 valence electrons. The molecule has 0 saturated heterocycles. The van der Waals surface area contributed by atoms with Crippen molar-refractivity contribution in [3.05, 3.63) is 12.2 Å². The van der Waals surface area contributed by atoms with Gasteiger partial charge in [0, 0.05) is 34.6 Å². The van der Waals surface area contributed by atoms with Crippen LogP contribution in [0.25, 0.3) is 0 Å². The van der Waals surface area contributed by atoms with E-state index in [2.05, 4.69) is 10.6 Å². The number of likely N-dealkylation sites (N-methyl/N-ethyl adjacent to an activating group) is 4. The fourth-order valence-electron chi connectivity index (χ4n) is 5.31. The van der Waals surface area contributed by atoms with Gasteiger partial charge >= 0.3 is 0 Å². The predicted octanol–water partition coefficient (Wildman–Crippen LogP) is 1.79. The third kappa shape index (κ3) is 12.4. The summed E-state index contributed by atoms with van der Waals surface area (Å²) in [6, 6.07) is -4.61. The summed E-state index contributed by atoms with van der Waals surface area (Å²) in [5.41, 5.74) is 0. The van der Waals surface area contributed by atoms with Crippen molar-refractivity contribution < 1.29 is 34.2 Å². The van der Waals surface area contributed by atoms with Gasteiger partial charge in [0.15, 0.2) is 0 Å². The van der Waals surface area contributed by atoms with E-state index in [-0.39, 0.29) is 24.2 Å². The lowest BCUT2D eigenvalue weighted by Gasteiger charge is -2.41. The van der Waals surface area contributed by atoms with E-state index in [1.807, 2.05) is 46.8 Å². The number of rotatable bonds is 18. The summed E-state index contributed by atoms with van der Waals surface area (Å²) in [6.45, 7) is 16.2. The summed E-state index contributed by atoms with van der Waals surface area (Å²) in [5.74, 6) is -3.30. The smallest absolute Gasteiger partial charge is 0.246 e. The van der Waals surface area contributed by atoms with Gasteiger partial charge in [0.25, 0.3) is 0 Å². The number of hydrogen-bond acceptors (Lipinski definition) is 7. The molecule has 45 heavy (non-hydrogen) atoms. The molecule has 0 rings (SSSR count). The Kier molecular flexibility index (Phi) is 18.2. The van der Waals surface area contributed by atoms with Crippen LogP contribution in [0.15, 0.2) is 12.2 Å². The Hall–Kier alpha value is -2.99. The Bertz CT molecular complexity index is 1010. The predicted molar refractivity (Wildman–Crippen MR) is 176 cm³/mol. The van der Waals surface area contributed by atoms with Crippen LogP contribution in [0.2, 0.25) is 0 Å². The number of carbonyl (C=O) groups excluding carboxylic acids is 5. The first-order valence-electron chi connectivity index (χ1n) is 16.0. The zero-order valence-electron chi connectivity index (χ0n) is 29.8. The zero-order valence-corrected chi connectivity index (χ0v) is 29.8. The Morgan fingerprint density at radius 2 is 1.29 bits per heavy atom. The average Bonchev–Trinajstić information content (AvgIpc) is 2.95. The summed E-state index contributed by atoms with van der Waals surface area (Å²) >= 11 is 0. The fraction of sp³-hybridized carbons (Fsp3) is 0.788. The van der Waals surface area contributed by atoms with Crippen LogP contribution in [-0.2, 0) is 24.0 Å². The average molecular weight is 640 g/mol. The summed E-state index contributed by atoms with van der Waals surface area (Å²) < 4.78 is 0. The number of carbonyl (C=O) groups is 5. The number of aliphatic hydroxyl groups excluding tert-OH is 2. The Morgan fingerprint density at radius 1 is 0.756 bits per heavy atom. The molecule has 0 saturated carbocycles. The van der Waals surface area contributed by atoms with Gasteiger partial charge in [-0.2, -0.15) is 0 Å². The molecule has 4 N–H and O–H groups in total. The molecule has 0 bridgehead atoms. The third-order valence-corrected chi connectivity index (χ3v) is 8.07. The van der Waals surface area contributed by atoms with Crippen LogP contribution in [0.5, 0.6) is 0 Å². The number of aliphatic hydroxyl groups is 2. The second kappa shape index (κ2) is 19.5. The molecule has 1 unspecified atom stereocenters. The number of nitrogens with one attached hydrogen (secondary N) is 2. The number of allylic oxidation sites excluding steroid dienone is 2. The minimum atomic E-state index is -1.45. The van der Waals surface area contributed by atoms with E-state index in [1.54, 1.807) is 27.8 Å². The van der Waals surface area contributed by atoms with Crippen molar-refractivity contribution in [2.75, 3.05) is 28.2 Å². The maximum absolute atomic E-state index is 14.2. The van der Waals surface area contributed by atoms with Gasteiger partial charge in [0.1, 0.15) is 24.2 Å². The van der Waals surface area contributed by atoms with Gasteiger partial charge in [-0.1, -0.05) is 60.6 Å². The molecule has 0 aromatic heterocycles. The van der Waals surface area contributed by atoms with Gasteiger partial charge in [0.2, 0.25) is 29.5 Å². The van der Waals surface area contributed by atoms with Crippen molar-refractivity contribution in [3.63, 3.8) is 0 Å². The first kappa shape index (κ1) is 42.0. The quantitative estimate of drug-likeness (QED) is 0.166. The van der Waals surface area contributed by atoms with E-state index in [4.69, 9.17) is 0 Å². The van der Waals surface area contributed by atoms with Crippen molar-refractivity contribution in [1.29, 1.82) is 0 Å². The van der Waals surface area contributed by atoms with Gasteiger partial charge in [-0.25, -0.2) is 0 Å². The number of nitrogens with zero attached hydrogens (tertiary/aromatic N) is 3. The molecule has 7 atom stereocenters. The lowest BCUT2D eigenvalue weighted by Crippen LogP contribution is -2.64. The molecule has 0 heterocycles. The highest BCUT2D eigenvalue weighted by Crippen LogP contribution is 2.23. The monoisotopic (exact) mass is 639 g/mol. The first-order valence-corrected chi connectivity index (χ1v) is 16.0. The number of amides is 5. The highest BCUT2D eigenvalue weighted by Gasteiger charge is 2.43. The molecule has 0 radical (unpaired) electrons. The molecule has 0 aromatic rings. The summed E-state index contributed by atoms with van der Waals surface area (Å²) in [5, 5.41) is 26.5. The maximum atomic E-state index is 14.2. The standard InChI is InChI=1S/C33H61N5O7/c1-14-15-16-22(8)29(41)28(31(43)35-26(23(9)39)30(42)34-10)38(13)33(45)27(21(6)7)37(12)32(44)24(17-19(2)3)36(11)25(40)18-20(4)5/h14-15,19-24,26-29,39,41H,16-18H2,1-13H3,(H,34,42)(H,35,43)/b15-14+/t22-,23?,24+,26+,27+,28+,29-/m1/s1. The van der Waals surface area contributed by atoms with E-state index in [0.717, 1.165) is 4.90 Å². The summed E-state index contributed by atoms with van der Waals surface area (Å²) in [6.07, 6.45) is 2.13. The van der Waals surface area contributed by atoms with E-state index in [1.165, 1.54) is 37.9 Å². The largest absolute Gasteiger partial charge is 0.391 e. The van der Waals surface area contributed by atoms with E-state index < -0.39 is 71.8 Å². The summed E-state index contributed by atoms with van der Waals surface area (Å²) in [7, 11) is 5.87. The van der Waals surface area contributed by atoms with Gasteiger partial charge in [0.05, 0.1) is 12.2 Å². The SMILES string of the molecule is C/C=C/C[C@@H](C)[C@@H](O)[C@@H](C(=O)N[C@H](C(=O)NC)C(C)O)N(C)C(=O)[C@H](C(C)C)N(C)C(=O)[C@H](CC(C)C)N(C)C(=O)CC(C)C. The molecule has 0 aliphatic carbocycles. The highest BCUT2D eigenvalue weighted by atomic mass is 16.3. The molecule has 5 amide bonds. The van der Waals surface area contributed by atoms with Crippen LogP contribution in [-0.4, -0.2) is 119 Å². The topological polar surface area (TPSA) is 160 Å². The second-order valence-corrected chi connectivity index (χ2v) is 13.4. The van der Waals surface area contributed by atoms with Gasteiger partial charge in [-0.3, -0.25) is 24.0 Å². The maximum Gasteiger partial charge on any atom is 0.246 e. The molecular weight excluding hydrogens is 578 g/mol. The molecule has 12 heteroatoms. The van der Waals surface area contributed by atoms with E-state index in [0.29, 0.717) is 12.8 Å². The van der Waals surface area contributed by atoms with Crippen LogP contribution in [0.4, 0.5) is 0 Å². The molecule has 0 fully saturated rings. The molecule has 12 nitrogen and oxygen atoms in total. The highest BCUT2D eigenvalue weighted by molar-refractivity contribution is 5.96. The van der Waals surface area contributed by atoms with Crippen LogP contribution >= 0.6 is 0 Å². The van der Waals surface area contributed by atoms with Crippen LogP contribution in [0.3, 0.4) is 0 Å². The third-order valence-electron chi connectivity index (χ3n) is 8.07. The Morgan fingerprint density at radius 3 is 1.71 bits per heavy atom. The van der Waals surface area contributed by atoms with Crippen molar-refractivity contribution in [2.24, 2.45) is 23.7 Å². The Labute approximate surface area is 271 Å². The summed E-state index contributed by atoms with van der Waals surface area (Å²) in [4.78, 5) is 71.3. The van der Waals surface area contributed by atoms with E-state index >= 15 is 0 Å². The van der Waals surface area contributed by atoms with Crippen molar-refractivity contribution in [1.82, 2.24) is 25.3 Å². The van der Waals surface area contributed by atoms with E-state index in [9.17, 15) is 34.2 Å². The van der Waals surface area contributed by atoms with Crippen molar-refractivity contribution in [3.8, 4) is 0 Å². The zero-order chi connectivity index (χ0) is 35.3. The van der Waals surface area contributed by atoms with Crippen molar-refractivity contribution in [2.45, 2.75) is 118 Å². The minimum absolute atomic E-state index is 0.0848. The first-order chi connectivity index (χ1) is 20.7. The molecule has 0 aliphatic heterocycles. The van der Waals surface area contributed by atoms with Gasteiger partial charge in [-0.15, -0.1) is 0 Å². The Balaban J connectivity index is 6.69. The fourth-order valence-corrected chi connectivity index (χ4v) is 5.31. The van der Waals surface area contributed by atoms with Crippen LogP contribution in [0.1, 0.15) is 81.6 Å². The molecule has 0 aliphatic rings. The normalized spacial score (nSPS) is 16.5. The number of hydrogen-bond donors (Lipinski definition) is 4. The second-order valence-electron chi connectivity index (χ2n) is 13.4. The molecular formula is C33H61N5O7. The lowest BCUT2D eigenvalue weighted by molar-refractivity contribution is -0.156. The molecule has 0 aromatic carbocycles. The lowest BCUT2D eigenvalue weighted by atomic mass is 9.91. The van der Waals surface area contributed by atoms with Crippen LogP contribution in [0, 0.1) is 23.7 Å². The van der Waals surface area contributed by atoms with Gasteiger partial charge in [-0.05, 0) is 50.4 Å². The molecule has 0 spiro atoms.